The van der Waals surface area contributed by atoms with Gasteiger partial charge < -0.3 is 10.2 Å². The van der Waals surface area contributed by atoms with Crippen molar-refractivity contribution in [1.29, 1.82) is 0 Å². The second kappa shape index (κ2) is 6.28. The lowest BCUT2D eigenvalue weighted by atomic mass is 9.98. The molecule has 2 atom stereocenters. The van der Waals surface area contributed by atoms with Gasteiger partial charge in [-0.2, -0.15) is 13.2 Å². The zero-order chi connectivity index (χ0) is 15.5. The standard InChI is InChI=1S/C16H15F3O2/c17-16(18,19)13-8-6-11(7-9-13)10-14(20)15(21)12-4-2-1-3-5-12/h1-9,14-15,20-21H,10H2. The predicted molar refractivity (Wildman–Crippen MR) is 72.6 cm³/mol. The monoisotopic (exact) mass is 296 g/mol. The molecule has 0 aliphatic carbocycles. The molecule has 0 aliphatic heterocycles. The molecule has 0 aromatic heterocycles. The Morgan fingerprint density at radius 3 is 1.95 bits per heavy atom. The number of alkyl halides is 3. The van der Waals surface area contributed by atoms with Crippen molar-refractivity contribution < 1.29 is 23.4 Å². The van der Waals surface area contributed by atoms with Crippen molar-refractivity contribution in [2.75, 3.05) is 0 Å². The summed E-state index contributed by atoms with van der Waals surface area (Å²) in [7, 11) is 0. The largest absolute Gasteiger partial charge is 0.416 e. The van der Waals surface area contributed by atoms with E-state index in [-0.39, 0.29) is 6.42 Å². The van der Waals surface area contributed by atoms with Gasteiger partial charge in [0.1, 0.15) is 6.10 Å². The van der Waals surface area contributed by atoms with Crippen LogP contribution in [0.25, 0.3) is 0 Å². The van der Waals surface area contributed by atoms with E-state index in [1.807, 2.05) is 0 Å². The molecule has 2 aromatic carbocycles. The number of halogens is 3. The average molecular weight is 296 g/mol. The smallest absolute Gasteiger partial charge is 0.390 e. The second-order valence-corrected chi connectivity index (χ2v) is 4.82. The lowest BCUT2D eigenvalue weighted by Gasteiger charge is -2.18. The minimum Gasteiger partial charge on any atom is -0.390 e. The summed E-state index contributed by atoms with van der Waals surface area (Å²) in [6.45, 7) is 0. The van der Waals surface area contributed by atoms with Crippen LogP contribution >= 0.6 is 0 Å². The van der Waals surface area contributed by atoms with Crippen LogP contribution in [0.15, 0.2) is 54.6 Å². The lowest BCUT2D eigenvalue weighted by molar-refractivity contribution is -0.137. The average Bonchev–Trinajstić information content (AvgIpc) is 2.47. The van der Waals surface area contributed by atoms with Crippen LogP contribution in [0.3, 0.4) is 0 Å². The molecule has 2 unspecified atom stereocenters. The maximum atomic E-state index is 12.4. The summed E-state index contributed by atoms with van der Waals surface area (Å²) in [5, 5.41) is 20.0. The van der Waals surface area contributed by atoms with Crippen molar-refractivity contribution in [1.82, 2.24) is 0 Å². The number of hydrogen-bond donors (Lipinski definition) is 2. The highest BCUT2D eigenvalue weighted by atomic mass is 19.4. The third-order valence-corrected chi connectivity index (χ3v) is 3.23. The second-order valence-electron chi connectivity index (χ2n) is 4.82. The molecule has 0 saturated carbocycles. The van der Waals surface area contributed by atoms with Crippen LogP contribution in [0.5, 0.6) is 0 Å². The highest BCUT2D eigenvalue weighted by molar-refractivity contribution is 5.26. The number of aliphatic hydroxyl groups is 2. The van der Waals surface area contributed by atoms with Crippen LogP contribution in [-0.2, 0) is 12.6 Å². The molecule has 21 heavy (non-hydrogen) atoms. The fraction of sp³-hybridized carbons (Fsp3) is 0.250. The molecule has 2 nitrogen and oxygen atoms in total. The van der Waals surface area contributed by atoms with E-state index in [2.05, 4.69) is 0 Å². The molecule has 0 saturated heterocycles. The Balaban J connectivity index is 2.04. The quantitative estimate of drug-likeness (QED) is 0.908. The fourth-order valence-electron chi connectivity index (χ4n) is 2.06. The van der Waals surface area contributed by atoms with E-state index in [1.54, 1.807) is 30.3 Å². The van der Waals surface area contributed by atoms with Gasteiger partial charge in [-0.1, -0.05) is 42.5 Å². The molecule has 0 bridgehead atoms. The highest BCUT2D eigenvalue weighted by Gasteiger charge is 2.30. The topological polar surface area (TPSA) is 40.5 Å². The fourth-order valence-corrected chi connectivity index (χ4v) is 2.06. The van der Waals surface area contributed by atoms with Crippen LogP contribution in [0.1, 0.15) is 22.8 Å². The molecule has 5 heteroatoms. The van der Waals surface area contributed by atoms with E-state index in [4.69, 9.17) is 0 Å². The number of rotatable bonds is 4. The Morgan fingerprint density at radius 2 is 1.43 bits per heavy atom. The third kappa shape index (κ3) is 4.06. The van der Waals surface area contributed by atoms with Crippen LogP contribution in [0, 0.1) is 0 Å². The number of hydrogen-bond acceptors (Lipinski definition) is 2. The van der Waals surface area contributed by atoms with Crippen LogP contribution in [-0.4, -0.2) is 16.3 Å². The van der Waals surface area contributed by atoms with Crippen molar-refractivity contribution in [2.24, 2.45) is 0 Å². The predicted octanol–water partition coefficient (Wildman–Crippen LogP) is 3.34. The van der Waals surface area contributed by atoms with Crippen LogP contribution in [0.2, 0.25) is 0 Å². The van der Waals surface area contributed by atoms with Gasteiger partial charge in [0.15, 0.2) is 0 Å². The van der Waals surface area contributed by atoms with E-state index in [9.17, 15) is 23.4 Å². The van der Waals surface area contributed by atoms with Gasteiger partial charge in [-0.15, -0.1) is 0 Å². The van der Waals surface area contributed by atoms with Crippen LogP contribution in [0.4, 0.5) is 13.2 Å². The summed E-state index contributed by atoms with van der Waals surface area (Å²) in [4.78, 5) is 0. The summed E-state index contributed by atoms with van der Waals surface area (Å²) in [5.41, 5.74) is 0.367. The first-order valence-corrected chi connectivity index (χ1v) is 6.45. The minimum atomic E-state index is -4.37. The first-order valence-electron chi connectivity index (χ1n) is 6.45. The molecular formula is C16H15F3O2. The summed E-state index contributed by atoms with van der Waals surface area (Å²) in [5.74, 6) is 0. The van der Waals surface area contributed by atoms with Gasteiger partial charge in [0, 0.05) is 6.42 Å². The van der Waals surface area contributed by atoms with Crippen LogP contribution < -0.4 is 0 Å². The number of aliphatic hydroxyl groups excluding tert-OH is 2. The molecule has 0 fully saturated rings. The molecule has 2 aromatic rings. The SMILES string of the molecule is OC(Cc1ccc(C(F)(F)F)cc1)C(O)c1ccccc1. The highest BCUT2D eigenvalue weighted by Crippen LogP contribution is 2.29. The zero-order valence-electron chi connectivity index (χ0n) is 11.1. The van der Waals surface area contributed by atoms with Crippen molar-refractivity contribution in [3.05, 3.63) is 71.3 Å². The van der Waals surface area contributed by atoms with E-state index in [0.29, 0.717) is 11.1 Å². The van der Waals surface area contributed by atoms with Gasteiger partial charge >= 0.3 is 6.18 Å². The van der Waals surface area contributed by atoms with Gasteiger partial charge in [0.25, 0.3) is 0 Å². The van der Waals surface area contributed by atoms with E-state index < -0.39 is 23.9 Å². The Bertz CT molecular complexity index is 564. The Kier molecular flexibility index (Phi) is 4.65. The summed E-state index contributed by atoms with van der Waals surface area (Å²) < 4.78 is 37.3. The summed E-state index contributed by atoms with van der Waals surface area (Å²) in [6, 6.07) is 13.2. The summed E-state index contributed by atoms with van der Waals surface area (Å²) >= 11 is 0. The molecule has 0 amide bonds. The van der Waals surface area contributed by atoms with E-state index in [1.165, 1.54) is 12.1 Å². The minimum absolute atomic E-state index is 0.0776. The molecule has 2 N–H and O–H groups in total. The normalized spacial score (nSPS) is 14.7. The van der Waals surface area contributed by atoms with Crippen molar-refractivity contribution in [3.63, 3.8) is 0 Å². The maximum Gasteiger partial charge on any atom is 0.416 e. The van der Waals surface area contributed by atoms with Crippen molar-refractivity contribution in [2.45, 2.75) is 24.8 Å². The first-order chi connectivity index (χ1) is 9.88. The van der Waals surface area contributed by atoms with Gasteiger partial charge in [-0.05, 0) is 23.3 Å². The molecular weight excluding hydrogens is 281 g/mol. The Morgan fingerprint density at radius 1 is 0.857 bits per heavy atom. The van der Waals surface area contributed by atoms with Gasteiger partial charge in [-0.25, -0.2) is 0 Å². The van der Waals surface area contributed by atoms with E-state index >= 15 is 0 Å². The third-order valence-electron chi connectivity index (χ3n) is 3.23. The zero-order valence-corrected chi connectivity index (χ0v) is 11.1. The summed E-state index contributed by atoms with van der Waals surface area (Å²) in [6.07, 6.45) is -6.45. The molecule has 0 heterocycles. The molecule has 112 valence electrons. The van der Waals surface area contributed by atoms with Crippen molar-refractivity contribution >= 4 is 0 Å². The van der Waals surface area contributed by atoms with E-state index in [0.717, 1.165) is 12.1 Å². The van der Waals surface area contributed by atoms with Gasteiger partial charge in [0.2, 0.25) is 0 Å². The lowest BCUT2D eigenvalue weighted by Crippen LogP contribution is -2.20. The molecule has 0 aliphatic rings. The molecule has 0 spiro atoms. The molecule has 2 rings (SSSR count). The molecule has 0 radical (unpaired) electrons. The van der Waals surface area contributed by atoms with Gasteiger partial charge in [0.05, 0.1) is 11.7 Å². The number of benzene rings is 2. The Labute approximate surface area is 120 Å². The van der Waals surface area contributed by atoms with Crippen molar-refractivity contribution in [3.8, 4) is 0 Å². The first kappa shape index (κ1) is 15.5. The maximum absolute atomic E-state index is 12.4. The van der Waals surface area contributed by atoms with Gasteiger partial charge in [-0.3, -0.25) is 0 Å². The Hall–Kier alpha value is -1.85.